The molecule has 0 radical (unpaired) electrons. The summed E-state index contributed by atoms with van der Waals surface area (Å²) in [5.41, 5.74) is 1.44. The zero-order chi connectivity index (χ0) is 16.9. The van der Waals surface area contributed by atoms with Crippen molar-refractivity contribution in [2.75, 3.05) is 18.4 Å². The fourth-order valence-electron chi connectivity index (χ4n) is 3.63. The van der Waals surface area contributed by atoms with Gasteiger partial charge in [-0.25, -0.2) is 0 Å². The van der Waals surface area contributed by atoms with Gasteiger partial charge in [0.25, 0.3) is 5.91 Å². The van der Waals surface area contributed by atoms with Crippen LogP contribution in [-0.2, 0) is 4.79 Å². The first kappa shape index (κ1) is 17.0. The summed E-state index contributed by atoms with van der Waals surface area (Å²) < 4.78 is 0. The molecule has 0 aliphatic carbocycles. The van der Waals surface area contributed by atoms with Gasteiger partial charge in [0.2, 0.25) is 5.91 Å². The van der Waals surface area contributed by atoms with E-state index in [-0.39, 0.29) is 11.8 Å². The Labute approximate surface area is 143 Å². The maximum Gasteiger partial charge on any atom is 0.254 e. The molecule has 24 heavy (non-hydrogen) atoms. The van der Waals surface area contributed by atoms with Crippen LogP contribution in [0.3, 0.4) is 0 Å². The average molecular weight is 329 g/mol. The molecule has 2 aliphatic heterocycles. The number of anilines is 1. The third-order valence-corrected chi connectivity index (χ3v) is 5.07. The molecule has 2 N–H and O–H groups in total. The van der Waals surface area contributed by atoms with Gasteiger partial charge in [-0.3, -0.25) is 9.59 Å². The number of benzene rings is 1. The zero-order valence-electron chi connectivity index (χ0n) is 14.4. The van der Waals surface area contributed by atoms with Crippen molar-refractivity contribution in [1.29, 1.82) is 0 Å². The van der Waals surface area contributed by atoms with Crippen LogP contribution < -0.4 is 10.6 Å². The molecule has 2 aliphatic rings. The van der Waals surface area contributed by atoms with E-state index in [1.165, 1.54) is 6.42 Å². The highest BCUT2D eigenvalue weighted by Gasteiger charge is 2.24. The third kappa shape index (κ3) is 4.15. The minimum atomic E-state index is 0.0260. The summed E-state index contributed by atoms with van der Waals surface area (Å²) in [7, 11) is 0. The summed E-state index contributed by atoms with van der Waals surface area (Å²) in [5.74, 6) is 0.119. The summed E-state index contributed by atoms with van der Waals surface area (Å²) in [6, 6.07) is 7.88. The van der Waals surface area contributed by atoms with Crippen molar-refractivity contribution in [2.45, 2.75) is 57.5 Å². The number of carbonyl (C=O) groups excluding carboxylic acids is 2. The Kier molecular flexibility index (Phi) is 5.51. The first-order valence-electron chi connectivity index (χ1n) is 9.08. The number of hydrogen-bond acceptors (Lipinski definition) is 3. The molecule has 2 atom stereocenters. The van der Waals surface area contributed by atoms with Gasteiger partial charge in [-0.1, -0.05) is 0 Å². The Morgan fingerprint density at radius 2 is 1.96 bits per heavy atom. The van der Waals surface area contributed by atoms with Crippen LogP contribution in [0.1, 0.15) is 55.8 Å². The van der Waals surface area contributed by atoms with Gasteiger partial charge in [-0.2, -0.15) is 0 Å². The monoisotopic (exact) mass is 329 g/mol. The second kappa shape index (κ2) is 7.79. The lowest BCUT2D eigenvalue weighted by Crippen LogP contribution is -2.42. The smallest absolute Gasteiger partial charge is 0.254 e. The highest BCUT2D eigenvalue weighted by atomic mass is 16.2. The van der Waals surface area contributed by atoms with E-state index in [0.717, 1.165) is 44.5 Å². The molecule has 0 bridgehead atoms. The van der Waals surface area contributed by atoms with Crippen molar-refractivity contribution in [3.63, 3.8) is 0 Å². The number of nitrogens with one attached hydrogen (secondary N) is 2. The van der Waals surface area contributed by atoms with Gasteiger partial charge in [0.1, 0.15) is 0 Å². The lowest BCUT2D eigenvalue weighted by atomic mass is 10.0. The van der Waals surface area contributed by atoms with Crippen LogP contribution in [0.2, 0.25) is 0 Å². The second-order valence-corrected chi connectivity index (χ2v) is 6.97. The van der Waals surface area contributed by atoms with E-state index in [1.807, 2.05) is 29.2 Å². The quantitative estimate of drug-likeness (QED) is 0.893. The number of piperidine rings is 1. The fourth-order valence-corrected chi connectivity index (χ4v) is 3.63. The summed E-state index contributed by atoms with van der Waals surface area (Å²) in [6.07, 6.45) is 6.07. The molecule has 1 aromatic rings. The largest absolute Gasteiger partial charge is 0.336 e. The molecule has 1 aromatic carbocycles. The number of amides is 2. The van der Waals surface area contributed by atoms with E-state index in [1.54, 1.807) is 0 Å². The van der Waals surface area contributed by atoms with Crippen molar-refractivity contribution in [3.8, 4) is 0 Å². The average Bonchev–Trinajstić information content (AvgIpc) is 3.08. The molecule has 0 aromatic heterocycles. The maximum absolute atomic E-state index is 12.6. The number of nitrogens with zero attached hydrogens (tertiary/aromatic N) is 1. The second-order valence-electron chi connectivity index (χ2n) is 6.97. The van der Waals surface area contributed by atoms with E-state index in [0.29, 0.717) is 24.1 Å². The normalized spacial score (nSPS) is 24.0. The van der Waals surface area contributed by atoms with Crippen LogP contribution in [0, 0.1) is 0 Å². The summed E-state index contributed by atoms with van der Waals surface area (Å²) >= 11 is 0. The van der Waals surface area contributed by atoms with Crippen LogP contribution in [0.4, 0.5) is 5.69 Å². The third-order valence-electron chi connectivity index (χ3n) is 5.07. The molecular weight excluding hydrogens is 302 g/mol. The molecular formula is C19H27N3O2. The van der Waals surface area contributed by atoms with Crippen LogP contribution in [0.5, 0.6) is 0 Å². The van der Waals surface area contributed by atoms with Crippen LogP contribution >= 0.6 is 0 Å². The molecule has 5 heteroatoms. The standard InChI is InChI=1S/C19H27N3O2/c1-14-5-2-3-12-22(14)19(24)15-7-9-16(10-8-15)21-18(23)13-17-6-4-11-20-17/h7-10,14,17,20H,2-6,11-13H2,1H3,(H,21,23). The van der Waals surface area contributed by atoms with Crippen LogP contribution in [-0.4, -0.2) is 41.9 Å². The molecule has 0 spiro atoms. The lowest BCUT2D eigenvalue weighted by molar-refractivity contribution is -0.116. The van der Waals surface area contributed by atoms with Gasteiger partial charge >= 0.3 is 0 Å². The molecule has 2 unspecified atom stereocenters. The van der Waals surface area contributed by atoms with Crippen molar-refractivity contribution in [1.82, 2.24) is 10.2 Å². The topological polar surface area (TPSA) is 61.4 Å². The fraction of sp³-hybridized carbons (Fsp3) is 0.579. The van der Waals surface area contributed by atoms with E-state index in [2.05, 4.69) is 17.6 Å². The van der Waals surface area contributed by atoms with Gasteiger partial charge in [-0.15, -0.1) is 0 Å². The predicted molar refractivity (Wildman–Crippen MR) is 95.1 cm³/mol. The van der Waals surface area contributed by atoms with Gasteiger partial charge in [0, 0.05) is 36.3 Å². The highest BCUT2D eigenvalue weighted by molar-refractivity contribution is 5.96. The summed E-state index contributed by atoms with van der Waals surface area (Å²) in [6.45, 7) is 3.96. The van der Waals surface area contributed by atoms with Gasteiger partial charge in [-0.05, 0) is 69.8 Å². The zero-order valence-corrected chi connectivity index (χ0v) is 14.4. The predicted octanol–water partition coefficient (Wildman–Crippen LogP) is 2.78. The SMILES string of the molecule is CC1CCCCN1C(=O)c1ccc(NC(=O)CC2CCCN2)cc1. The molecule has 0 saturated carbocycles. The van der Waals surface area contributed by atoms with Gasteiger partial charge in [0.05, 0.1) is 0 Å². The Balaban J connectivity index is 1.56. The van der Waals surface area contributed by atoms with E-state index < -0.39 is 0 Å². The maximum atomic E-state index is 12.6. The number of likely N-dealkylation sites (tertiary alicyclic amines) is 1. The Morgan fingerprint density at radius 3 is 2.62 bits per heavy atom. The first-order valence-corrected chi connectivity index (χ1v) is 9.08. The lowest BCUT2D eigenvalue weighted by Gasteiger charge is -2.33. The van der Waals surface area contributed by atoms with E-state index >= 15 is 0 Å². The molecule has 5 nitrogen and oxygen atoms in total. The molecule has 3 rings (SSSR count). The minimum Gasteiger partial charge on any atom is -0.336 e. The molecule has 2 heterocycles. The van der Waals surface area contributed by atoms with Gasteiger partial charge in [0.15, 0.2) is 0 Å². The molecule has 2 fully saturated rings. The van der Waals surface area contributed by atoms with Crippen LogP contribution in [0.25, 0.3) is 0 Å². The Hall–Kier alpha value is -1.88. The number of carbonyl (C=O) groups is 2. The molecule has 2 amide bonds. The Morgan fingerprint density at radius 1 is 1.17 bits per heavy atom. The first-order chi connectivity index (χ1) is 11.6. The van der Waals surface area contributed by atoms with E-state index in [9.17, 15) is 9.59 Å². The minimum absolute atomic E-state index is 0.0260. The van der Waals surface area contributed by atoms with Crippen molar-refractivity contribution >= 4 is 17.5 Å². The number of rotatable bonds is 4. The van der Waals surface area contributed by atoms with Crippen molar-refractivity contribution in [3.05, 3.63) is 29.8 Å². The van der Waals surface area contributed by atoms with Gasteiger partial charge < -0.3 is 15.5 Å². The Bertz CT molecular complexity index is 579. The van der Waals surface area contributed by atoms with Crippen molar-refractivity contribution in [2.24, 2.45) is 0 Å². The number of hydrogen-bond donors (Lipinski definition) is 2. The summed E-state index contributed by atoms with van der Waals surface area (Å²) in [5, 5.41) is 6.25. The van der Waals surface area contributed by atoms with Crippen molar-refractivity contribution < 1.29 is 9.59 Å². The van der Waals surface area contributed by atoms with Crippen LogP contribution in [0.15, 0.2) is 24.3 Å². The highest BCUT2D eigenvalue weighted by Crippen LogP contribution is 2.20. The van der Waals surface area contributed by atoms with E-state index in [4.69, 9.17) is 0 Å². The molecule has 2 saturated heterocycles. The summed E-state index contributed by atoms with van der Waals surface area (Å²) in [4.78, 5) is 26.6. The molecule has 130 valence electrons.